The van der Waals surface area contributed by atoms with E-state index in [1.54, 1.807) is 24.5 Å². The standard InChI is InChI=1S/C15H15ClN2O2S2.C2H6/c1-10(15(16)19)18-17-9-12-6-7-14(21-12)11-4-3-5-13(8-11)22(2)20;1-2/h3-8,17H,9H2,1-2H3;1-2H3/b18-10+;. The number of carbonyl (C=O) groups excluding carboxylic acids is 1. The summed E-state index contributed by atoms with van der Waals surface area (Å²) in [5, 5.41) is 3.32. The van der Waals surface area contributed by atoms with E-state index >= 15 is 0 Å². The fourth-order valence-corrected chi connectivity index (χ4v) is 3.28. The number of halogens is 1. The van der Waals surface area contributed by atoms with Gasteiger partial charge in [-0.3, -0.25) is 9.00 Å². The predicted octanol–water partition coefficient (Wildman–Crippen LogP) is 4.41. The highest BCUT2D eigenvalue weighted by atomic mass is 35.5. The Morgan fingerprint density at radius 2 is 2.00 bits per heavy atom. The monoisotopic (exact) mass is 384 g/mol. The molecule has 2 rings (SSSR count). The molecule has 0 aliphatic heterocycles. The quantitative estimate of drug-likeness (QED) is 0.456. The van der Waals surface area contributed by atoms with Crippen LogP contribution in [0, 0.1) is 0 Å². The Morgan fingerprint density at radius 3 is 2.62 bits per heavy atom. The largest absolute Gasteiger partial charge is 0.304 e. The maximum absolute atomic E-state index is 11.5. The molecule has 0 spiro atoms. The van der Waals surface area contributed by atoms with Crippen molar-refractivity contribution < 1.29 is 9.00 Å². The van der Waals surface area contributed by atoms with Crippen molar-refractivity contribution in [3.63, 3.8) is 0 Å². The summed E-state index contributed by atoms with van der Waals surface area (Å²) in [4.78, 5) is 13.8. The smallest absolute Gasteiger partial charge is 0.268 e. The zero-order valence-electron chi connectivity index (χ0n) is 14.1. The molecule has 7 heteroatoms. The molecule has 0 radical (unpaired) electrons. The molecule has 24 heavy (non-hydrogen) atoms. The minimum absolute atomic E-state index is 0.233. The number of benzene rings is 1. The molecular formula is C17H21ClN2O2S2. The summed E-state index contributed by atoms with van der Waals surface area (Å²) >= 11 is 6.92. The van der Waals surface area contributed by atoms with Crippen molar-refractivity contribution in [3.05, 3.63) is 41.3 Å². The Balaban J connectivity index is 0.00000139. The van der Waals surface area contributed by atoms with Crippen LogP contribution in [0.1, 0.15) is 25.6 Å². The van der Waals surface area contributed by atoms with Crippen molar-refractivity contribution in [2.45, 2.75) is 32.2 Å². The summed E-state index contributed by atoms with van der Waals surface area (Å²) in [6.07, 6.45) is 1.67. The van der Waals surface area contributed by atoms with E-state index in [4.69, 9.17) is 11.6 Å². The van der Waals surface area contributed by atoms with Crippen LogP contribution in [0.25, 0.3) is 10.4 Å². The molecule has 0 amide bonds. The van der Waals surface area contributed by atoms with Crippen LogP contribution in [-0.4, -0.2) is 21.4 Å². The first kappa shape index (κ1) is 20.5. The zero-order chi connectivity index (χ0) is 18.1. The van der Waals surface area contributed by atoms with Crippen LogP contribution in [0.4, 0.5) is 0 Å². The molecule has 0 aliphatic rings. The maximum Gasteiger partial charge on any atom is 0.268 e. The van der Waals surface area contributed by atoms with Gasteiger partial charge in [0.25, 0.3) is 5.24 Å². The summed E-state index contributed by atoms with van der Waals surface area (Å²) in [6.45, 7) is 6.07. The second-order valence-electron chi connectivity index (χ2n) is 4.55. The Morgan fingerprint density at radius 1 is 1.29 bits per heavy atom. The molecule has 1 aromatic heterocycles. The van der Waals surface area contributed by atoms with Crippen molar-refractivity contribution in [3.8, 4) is 10.4 Å². The van der Waals surface area contributed by atoms with Gasteiger partial charge in [0.15, 0.2) is 0 Å². The van der Waals surface area contributed by atoms with Gasteiger partial charge in [-0.25, -0.2) is 0 Å². The topological polar surface area (TPSA) is 58.5 Å². The second-order valence-corrected chi connectivity index (χ2v) is 7.44. The van der Waals surface area contributed by atoms with Gasteiger partial charge in [0.2, 0.25) is 0 Å². The van der Waals surface area contributed by atoms with Crippen molar-refractivity contribution >= 4 is 44.7 Å². The van der Waals surface area contributed by atoms with E-state index in [0.29, 0.717) is 6.54 Å². The van der Waals surface area contributed by atoms with E-state index in [0.717, 1.165) is 20.2 Å². The zero-order valence-corrected chi connectivity index (χ0v) is 16.5. The SMILES string of the molecule is C/C(=N\NCc1ccc(-c2cccc(S(C)=O)c2)s1)C(=O)Cl.CC. The van der Waals surface area contributed by atoms with Crippen LogP contribution >= 0.6 is 22.9 Å². The van der Waals surface area contributed by atoms with Gasteiger partial charge in [0.05, 0.1) is 6.54 Å². The number of rotatable bonds is 6. The molecule has 0 saturated heterocycles. The molecule has 0 aliphatic carbocycles. The molecule has 1 N–H and O–H groups in total. The van der Waals surface area contributed by atoms with Crippen LogP contribution in [0.15, 0.2) is 46.4 Å². The van der Waals surface area contributed by atoms with Gasteiger partial charge in [-0.1, -0.05) is 26.0 Å². The molecule has 1 aromatic carbocycles. The Kier molecular flexibility index (Phi) is 8.89. The van der Waals surface area contributed by atoms with E-state index in [2.05, 4.69) is 10.5 Å². The van der Waals surface area contributed by atoms with E-state index in [1.807, 2.05) is 50.2 Å². The summed E-state index contributed by atoms with van der Waals surface area (Å²) in [5.41, 5.74) is 4.10. The van der Waals surface area contributed by atoms with Crippen molar-refractivity contribution in [2.75, 3.05) is 6.26 Å². The molecule has 0 bridgehead atoms. The number of hydrogen-bond acceptors (Lipinski definition) is 5. The molecule has 0 saturated carbocycles. The van der Waals surface area contributed by atoms with Crippen LogP contribution in [0.3, 0.4) is 0 Å². The fourth-order valence-electron chi connectivity index (χ4n) is 1.74. The number of hydrogen-bond donors (Lipinski definition) is 1. The van der Waals surface area contributed by atoms with Gasteiger partial charge in [0.1, 0.15) is 5.71 Å². The first-order chi connectivity index (χ1) is 11.5. The van der Waals surface area contributed by atoms with Crippen molar-refractivity contribution in [2.24, 2.45) is 5.10 Å². The first-order valence-corrected chi connectivity index (χ1v) is 10.2. The van der Waals surface area contributed by atoms with Gasteiger partial charge >= 0.3 is 0 Å². The van der Waals surface area contributed by atoms with Crippen LogP contribution in [0.2, 0.25) is 0 Å². The van der Waals surface area contributed by atoms with Gasteiger partial charge in [-0.15, -0.1) is 11.3 Å². The van der Waals surface area contributed by atoms with Crippen LogP contribution in [0.5, 0.6) is 0 Å². The number of hydrazone groups is 1. The van der Waals surface area contributed by atoms with Crippen LogP contribution < -0.4 is 5.43 Å². The van der Waals surface area contributed by atoms with Crippen molar-refractivity contribution in [1.82, 2.24) is 5.43 Å². The Hall–Kier alpha value is -1.50. The normalized spacial score (nSPS) is 12.1. The van der Waals surface area contributed by atoms with Crippen LogP contribution in [-0.2, 0) is 22.1 Å². The highest BCUT2D eigenvalue weighted by Crippen LogP contribution is 2.29. The summed E-state index contributed by atoms with van der Waals surface area (Å²) in [6, 6.07) is 11.7. The number of thiophene rings is 1. The average Bonchev–Trinajstić information content (AvgIpc) is 3.05. The Labute approximate surface area is 154 Å². The average molecular weight is 385 g/mol. The first-order valence-electron chi connectivity index (χ1n) is 7.47. The number of nitrogens with one attached hydrogen (secondary N) is 1. The lowest BCUT2D eigenvalue weighted by molar-refractivity contribution is -0.106. The van der Waals surface area contributed by atoms with Crippen molar-refractivity contribution in [1.29, 1.82) is 0 Å². The Bertz CT molecular complexity index is 742. The van der Waals surface area contributed by atoms with E-state index in [9.17, 15) is 9.00 Å². The highest BCUT2D eigenvalue weighted by Gasteiger charge is 2.06. The molecule has 0 fully saturated rings. The lowest BCUT2D eigenvalue weighted by Gasteiger charge is -2.01. The lowest BCUT2D eigenvalue weighted by Crippen LogP contribution is -2.11. The van der Waals surface area contributed by atoms with Gasteiger partial charge < -0.3 is 5.43 Å². The second kappa shape index (κ2) is 10.4. The van der Waals surface area contributed by atoms with Gasteiger partial charge in [-0.05, 0) is 48.4 Å². The molecule has 1 heterocycles. The molecule has 1 unspecified atom stereocenters. The molecular weight excluding hydrogens is 364 g/mol. The summed E-state index contributed by atoms with van der Waals surface area (Å²) < 4.78 is 11.5. The van der Waals surface area contributed by atoms with E-state index < -0.39 is 16.0 Å². The van der Waals surface area contributed by atoms with Gasteiger partial charge in [0, 0.05) is 31.7 Å². The minimum Gasteiger partial charge on any atom is -0.304 e. The molecule has 1 atom stereocenters. The maximum atomic E-state index is 11.5. The predicted molar refractivity (Wildman–Crippen MR) is 104 cm³/mol. The molecule has 130 valence electrons. The van der Waals surface area contributed by atoms with Gasteiger partial charge in [-0.2, -0.15) is 5.10 Å². The summed E-state index contributed by atoms with van der Waals surface area (Å²) in [5.74, 6) is 0. The number of nitrogens with zero attached hydrogens (tertiary/aromatic N) is 1. The molecule has 2 aromatic rings. The third-order valence-corrected chi connectivity index (χ3v) is 5.22. The lowest BCUT2D eigenvalue weighted by atomic mass is 10.2. The fraction of sp³-hybridized carbons (Fsp3) is 0.294. The third kappa shape index (κ3) is 6.19. The molecule has 4 nitrogen and oxygen atoms in total. The van der Waals surface area contributed by atoms with E-state index in [-0.39, 0.29) is 5.71 Å². The third-order valence-electron chi connectivity index (χ3n) is 2.90. The minimum atomic E-state index is -0.991. The number of carbonyl (C=O) groups is 1. The van der Waals surface area contributed by atoms with E-state index in [1.165, 1.54) is 0 Å². The highest BCUT2D eigenvalue weighted by molar-refractivity contribution is 7.84. The summed E-state index contributed by atoms with van der Waals surface area (Å²) in [7, 11) is -0.991.